The first kappa shape index (κ1) is 18.2. The number of para-hydroxylation sites is 1. The van der Waals surface area contributed by atoms with Crippen LogP contribution in [0.5, 0.6) is 0 Å². The van der Waals surface area contributed by atoms with Gasteiger partial charge in [0.25, 0.3) is 11.8 Å². The molecule has 1 aliphatic heterocycles. The molecule has 0 spiro atoms. The molecule has 3 aromatic rings. The molecule has 2 amide bonds. The number of imidazole rings is 1. The standard InChI is InChI=1S/C21H22N4O3/c1-14-13-15-7-3-4-8-16(15)25(14)21(27)18-17-9-5-6-11-24(17)19(23-18)20(26)22-10-12-28-2/h3-9,11,14H,10,12-13H2,1-2H3,(H,22,26). The maximum atomic E-state index is 13.4. The lowest BCUT2D eigenvalue weighted by Gasteiger charge is -2.21. The number of ether oxygens (including phenoxy) is 1. The first-order valence-corrected chi connectivity index (χ1v) is 9.27. The van der Waals surface area contributed by atoms with Crippen LogP contribution in [-0.4, -0.2) is 47.5 Å². The van der Waals surface area contributed by atoms with E-state index in [1.807, 2.05) is 43.3 Å². The quantitative estimate of drug-likeness (QED) is 0.691. The van der Waals surface area contributed by atoms with Crippen LogP contribution in [0, 0.1) is 0 Å². The second-order valence-corrected chi connectivity index (χ2v) is 6.85. The lowest BCUT2D eigenvalue weighted by Crippen LogP contribution is -2.36. The van der Waals surface area contributed by atoms with Crippen LogP contribution in [-0.2, 0) is 11.2 Å². The van der Waals surface area contributed by atoms with E-state index < -0.39 is 0 Å². The summed E-state index contributed by atoms with van der Waals surface area (Å²) in [4.78, 5) is 32.2. The van der Waals surface area contributed by atoms with Gasteiger partial charge in [-0.05, 0) is 37.1 Å². The van der Waals surface area contributed by atoms with Gasteiger partial charge in [0.2, 0.25) is 5.82 Å². The van der Waals surface area contributed by atoms with E-state index in [9.17, 15) is 9.59 Å². The van der Waals surface area contributed by atoms with Crippen molar-refractivity contribution in [3.63, 3.8) is 0 Å². The van der Waals surface area contributed by atoms with Crippen molar-refractivity contribution in [2.75, 3.05) is 25.2 Å². The first-order chi connectivity index (χ1) is 13.6. The molecule has 1 atom stereocenters. The molecule has 0 fully saturated rings. The highest BCUT2D eigenvalue weighted by molar-refractivity contribution is 6.11. The zero-order valence-corrected chi connectivity index (χ0v) is 15.9. The zero-order valence-electron chi connectivity index (χ0n) is 15.9. The van der Waals surface area contributed by atoms with Crippen molar-refractivity contribution in [1.82, 2.24) is 14.7 Å². The average molecular weight is 378 g/mol. The highest BCUT2D eigenvalue weighted by Gasteiger charge is 2.34. The SMILES string of the molecule is COCCNC(=O)c1nc(C(=O)N2c3ccccc3CC2C)c2ccccn12. The Balaban J connectivity index is 1.73. The normalized spacial score (nSPS) is 15.6. The zero-order chi connectivity index (χ0) is 19.7. The van der Waals surface area contributed by atoms with E-state index in [0.717, 1.165) is 17.7 Å². The Labute approximate surface area is 162 Å². The predicted molar refractivity (Wildman–Crippen MR) is 106 cm³/mol. The Morgan fingerprint density at radius 1 is 1.21 bits per heavy atom. The summed E-state index contributed by atoms with van der Waals surface area (Å²) in [7, 11) is 1.57. The topological polar surface area (TPSA) is 75.9 Å². The van der Waals surface area contributed by atoms with E-state index >= 15 is 0 Å². The van der Waals surface area contributed by atoms with Crippen molar-refractivity contribution >= 4 is 23.0 Å². The number of rotatable bonds is 5. The van der Waals surface area contributed by atoms with Gasteiger partial charge in [0.1, 0.15) is 0 Å². The molecule has 1 aliphatic rings. The van der Waals surface area contributed by atoms with E-state index in [1.165, 1.54) is 0 Å². The van der Waals surface area contributed by atoms with E-state index in [2.05, 4.69) is 10.3 Å². The predicted octanol–water partition coefficient (Wildman–Crippen LogP) is 2.30. The van der Waals surface area contributed by atoms with E-state index in [4.69, 9.17) is 4.74 Å². The van der Waals surface area contributed by atoms with Gasteiger partial charge in [-0.15, -0.1) is 0 Å². The fourth-order valence-electron chi connectivity index (χ4n) is 3.69. The molecule has 3 heterocycles. The molecule has 7 heteroatoms. The molecule has 1 aromatic carbocycles. The molecule has 1 N–H and O–H groups in total. The number of anilines is 1. The Morgan fingerprint density at radius 3 is 2.82 bits per heavy atom. The van der Waals surface area contributed by atoms with Gasteiger partial charge in [-0.3, -0.25) is 14.0 Å². The third-order valence-corrected chi connectivity index (χ3v) is 4.97. The van der Waals surface area contributed by atoms with E-state index in [0.29, 0.717) is 18.7 Å². The number of methoxy groups -OCH3 is 1. The van der Waals surface area contributed by atoms with Crippen LogP contribution in [0.25, 0.3) is 5.52 Å². The number of hydrogen-bond donors (Lipinski definition) is 1. The Bertz CT molecular complexity index is 1040. The van der Waals surface area contributed by atoms with Crippen LogP contribution in [0.1, 0.15) is 33.6 Å². The number of fused-ring (bicyclic) bond motifs is 2. The second-order valence-electron chi connectivity index (χ2n) is 6.85. The lowest BCUT2D eigenvalue weighted by molar-refractivity contribution is 0.0926. The Kier molecular flexibility index (Phi) is 4.83. The van der Waals surface area contributed by atoms with E-state index in [1.54, 1.807) is 28.7 Å². The number of carbonyl (C=O) groups is 2. The number of carbonyl (C=O) groups excluding carboxylic acids is 2. The monoisotopic (exact) mass is 378 g/mol. The van der Waals surface area contributed by atoms with Crippen LogP contribution in [0.3, 0.4) is 0 Å². The van der Waals surface area contributed by atoms with Gasteiger partial charge in [0, 0.05) is 31.6 Å². The molecule has 0 bridgehead atoms. The molecular weight excluding hydrogens is 356 g/mol. The summed E-state index contributed by atoms with van der Waals surface area (Å²) in [6.45, 7) is 2.80. The summed E-state index contributed by atoms with van der Waals surface area (Å²) in [6, 6.07) is 13.4. The van der Waals surface area contributed by atoms with Crippen molar-refractivity contribution in [1.29, 1.82) is 0 Å². The molecular formula is C21H22N4O3. The minimum absolute atomic E-state index is 0.0318. The third-order valence-electron chi connectivity index (χ3n) is 4.97. The lowest BCUT2D eigenvalue weighted by atomic mass is 10.1. The Morgan fingerprint density at radius 2 is 2.00 bits per heavy atom. The van der Waals surface area contributed by atoms with Crippen LogP contribution < -0.4 is 10.2 Å². The van der Waals surface area contributed by atoms with Crippen LogP contribution in [0.2, 0.25) is 0 Å². The summed E-state index contributed by atoms with van der Waals surface area (Å²) in [5.41, 5.74) is 2.94. The third kappa shape index (κ3) is 3.03. The minimum Gasteiger partial charge on any atom is -0.383 e. The molecule has 7 nitrogen and oxygen atoms in total. The van der Waals surface area contributed by atoms with Crippen molar-refractivity contribution < 1.29 is 14.3 Å². The minimum atomic E-state index is -0.341. The van der Waals surface area contributed by atoms with Gasteiger partial charge in [-0.2, -0.15) is 0 Å². The van der Waals surface area contributed by atoms with Crippen LogP contribution >= 0.6 is 0 Å². The largest absolute Gasteiger partial charge is 0.383 e. The summed E-state index contributed by atoms with van der Waals surface area (Å²) in [5, 5.41) is 2.77. The number of pyridine rings is 1. The summed E-state index contributed by atoms with van der Waals surface area (Å²) >= 11 is 0. The number of aromatic nitrogens is 2. The van der Waals surface area contributed by atoms with E-state index in [-0.39, 0.29) is 29.4 Å². The molecule has 144 valence electrons. The molecule has 28 heavy (non-hydrogen) atoms. The summed E-state index contributed by atoms with van der Waals surface area (Å²) in [6.07, 6.45) is 2.55. The fraction of sp³-hybridized carbons (Fsp3) is 0.286. The number of amides is 2. The molecule has 0 saturated carbocycles. The van der Waals surface area contributed by atoms with Gasteiger partial charge >= 0.3 is 0 Å². The van der Waals surface area contributed by atoms with Crippen LogP contribution in [0.15, 0.2) is 48.7 Å². The van der Waals surface area contributed by atoms with Crippen molar-refractivity contribution in [2.24, 2.45) is 0 Å². The Hall–Kier alpha value is -3.19. The first-order valence-electron chi connectivity index (χ1n) is 9.27. The van der Waals surface area contributed by atoms with Gasteiger partial charge < -0.3 is 15.0 Å². The molecule has 4 rings (SSSR count). The van der Waals surface area contributed by atoms with Gasteiger partial charge in [-0.1, -0.05) is 24.3 Å². The maximum Gasteiger partial charge on any atom is 0.287 e. The highest BCUT2D eigenvalue weighted by Crippen LogP contribution is 2.33. The molecule has 0 saturated heterocycles. The van der Waals surface area contributed by atoms with Crippen molar-refractivity contribution in [3.05, 3.63) is 65.7 Å². The maximum absolute atomic E-state index is 13.4. The smallest absolute Gasteiger partial charge is 0.287 e. The number of nitrogens with one attached hydrogen (secondary N) is 1. The number of hydrogen-bond acceptors (Lipinski definition) is 4. The van der Waals surface area contributed by atoms with Gasteiger partial charge in [0.05, 0.1) is 12.1 Å². The number of nitrogens with zero attached hydrogens (tertiary/aromatic N) is 3. The van der Waals surface area contributed by atoms with Crippen molar-refractivity contribution in [3.8, 4) is 0 Å². The molecule has 0 aliphatic carbocycles. The summed E-state index contributed by atoms with van der Waals surface area (Å²) in [5.74, 6) is -0.348. The van der Waals surface area contributed by atoms with Crippen molar-refractivity contribution in [2.45, 2.75) is 19.4 Å². The second kappa shape index (κ2) is 7.44. The average Bonchev–Trinajstić information content (AvgIpc) is 3.25. The highest BCUT2D eigenvalue weighted by atomic mass is 16.5. The summed E-state index contributed by atoms with van der Waals surface area (Å²) < 4.78 is 6.62. The van der Waals surface area contributed by atoms with Gasteiger partial charge in [0.15, 0.2) is 5.69 Å². The van der Waals surface area contributed by atoms with Crippen LogP contribution in [0.4, 0.5) is 5.69 Å². The van der Waals surface area contributed by atoms with Gasteiger partial charge in [-0.25, -0.2) is 4.98 Å². The molecule has 0 radical (unpaired) electrons. The molecule has 2 aromatic heterocycles. The number of benzene rings is 1. The molecule has 1 unspecified atom stereocenters. The fourth-order valence-corrected chi connectivity index (χ4v) is 3.69.